The van der Waals surface area contributed by atoms with E-state index < -0.39 is 0 Å². The second-order valence-corrected chi connectivity index (χ2v) is 5.16. The third-order valence-electron chi connectivity index (χ3n) is 3.75. The summed E-state index contributed by atoms with van der Waals surface area (Å²) in [6, 6.07) is 4.09. The minimum Gasteiger partial charge on any atom is -0.378 e. The molecule has 0 atom stereocenters. The smallest absolute Gasteiger partial charge is 0.138 e. The number of aromatic nitrogens is 2. The summed E-state index contributed by atoms with van der Waals surface area (Å²) in [6.45, 7) is 7.96. The molecule has 0 aromatic carbocycles. The molecule has 2 aromatic heterocycles. The van der Waals surface area contributed by atoms with Crippen molar-refractivity contribution in [3.8, 4) is 0 Å². The minimum absolute atomic E-state index is 0.672. The summed E-state index contributed by atoms with van der Waals surface area (Å²) >= 11 is 0. The Bertz CT molecular complexity index is 569. The molecule has 0 aliphatic carbocycles. The predicted molar refractivity (Wildman–Crippen MR) is 80.6 cm³/mol. The molecule has 1 aliphatic rings. The van der Waals surface area contributed by atoms with Crippen LogP contribution in [0.3, 0.4) is 0 Å². The van der Waals surface area contributed by atoms with Crippen LogP contribution in [0, 0.1) is 13.8 Å². The molecular formula is C15H20N4O2. The van der Waals surface area contributed by atoms with E-state index in [1.165, 1.54) is 0 Å². The van der Waals surface area contributed by atoms with E-state index >= 15 is 0 Å². The molecule has 2 aromatic rings. The van der Waals surface area contributed by atoms with E-state index in [1.54, 1.807) is 0 Å². The van der Waals surface area contributed by atoms with Gasteiger partial charge in [0.25, 0.3) is 0 Å². The van der Waals surface area contributed by atoms with Crippen molar-refractivity contribution in [1.82, 2.24) is 10.1 Å². The van der Waals surface area contributed by atoms with Gasteiger partial charge in [-0.05, 0) is 26.0 Å². The Morgan fingerprint density at radius 3 is 2.67 bits per heavy atom. The van der Waals surface area contributed by atoms with E-state index in [0.717, 1.165) is 54.8 Å². The number of pyridine rings is 1. The summed E-state index contributed by atoms with van der Waals surface area (Å²) < 4.78 is 10.5. The zero-order chi connectivity index (χ0) is 14.7. The molecule has 1 fully saturated rings. The number of anilines is 2. The van der Waals surface area contributed by atoms with Crippen LogP contribution in [-0.4, -0.2) is 36.4 Å². The third-order valence-corrected chi connectivity index (χ3v) is 3.75. The molecule has 0 spiro atoms. The first kappa shape index (κ1) is 13.9. The lowest BCUT2D eigenvalue weighted by atomic mass is 10.2. The van der Waals surface area contributed by atoms with Crippen molar-refractivity contribution in [2.45, 2.75) is 20.4 Å². The molecule has 6 nitrogen and oxygen atoms in total. The fourth-order valence-electron chi connectivity index (χ4n) is 2.43. The highest BCUT2D eigenvalue weighted by atomic mass is 16.5. The van der Waals surface area contributed by atoms with Gasteiger partial charge in [-0.1, -0.05) is 5.16 Å². The van der Waals surface area contributed by atoms with Gasteiger partial charge in [0, 0.05) is 25.2 Å². The zero-order valence-electron chi connectivity index (χ0n) is 12.4. The molecule has 0 radical (unpaired) electrons. The van der Waals surface area contributed by atoms with Crippen LogP contribution >= 0.6 is 0 Å². The number of morpholine rings is 1. The molecule has 0 amide bonds. The molecule has 0 bridgehead atoms. The lowest BCUT2D eigenvalue weighted by molar-refractivity contribution is 0.122. The largest absolute Gasteiger partial charge is 0.378 e. The number of hydrogen-bond acceptors (Lipinski definition) is 6. The lowest BCUT2D eigenvalue weighted by Crippen LogP contribution is -2.36. The first-order valence-corrected chi connectivity index (χ1v) is 7.18. The number of aryl methyl sites for hydroxylation is 2. The van der Waals surface area contributed by atoms with E-state index in [4.69, 9.17) is 9.26 Å². The average Bonchev–Trinajstić information content (AvgIpc) is 2.85. The normalized spacial score (nSPS) is 15.2. The molecule has 3 heterocycles. The second kappa shape index (κ2) is 6.13. The van der Waals surface area contributed by atoms with Gasteiger partial charge in [-0.2, -0.15) is 0 Å². The maximum Gasteiger partial charge on any atom is 0.138 e. The van der Waals surface area contributed by atoms with Gasteiger partial charge < -0.3 is 19.5 Å². The van der Waals surface area contributed by atoms with Gasteiger partial charge in [0.15, 0.2) is 0 Å². The molecule has 1 aliphatic heterocycles. The van der Waals surface area contributed by atoms with Crippen molar-refractivity contribution in [2.75, 3.05) is 36.5 Å². The maximum absolute atomic E-state index is 5.36. The summed E-state index contributed by atoms with van der Waals surface area (Å²) in [5, 5.41) is 7.25. The van der Waals surface area contributed by atoms with Gasteiger partial charge in [0.05, 0.1) is 30.8 Å². The van der Waals surface area contributed by atoms with Crippen LogP contribution in [0.2, 0.25) is 0 Å². The summed E-state index contributed by atoms with van der Waals surface area (Å²) in [5.74, 6) is 1.71. The van der Waals surface area contributed by atoms with E-state index in [-0.39, 0.29) is 0 Å². The van der Waals surface area contributed by atoms with E-state index in [9.17, 15) is 0 Å². The van der Waals surface area contributed by atoms with E-state index in [2.05, 4.69) is 26.4 Å². The Morgan fingerprint density at radius 1 is 1.24 bits per heavy atom. The van der Waals surface area contributed by atoms with Crippen molar-refractivity contribution in [3.63, 3.8) is 0 Å². The quantitative estimate of drug-likeness (QED) is 0.930. The van der Waals surface area contributed by atoms with Crippen molar-refractivity contribution < 1.29 is 9.26 Å². The Labute approximate surface area is 124 Å². The Balaban J connectivity index is 1.62. The summed E-state index contributed by atoms with van der Waals surface area (Å²) in [7, 11) is 0. The van der Waals surface area contributed by atoms with Crippen LogP contribution in [-0.2, 0) is 11.3 Å². The maximum atomic E-state index is 5.36. The van der Waals surface area contributed by atoms with Gasteiger partial charge in [0.2, 0.25) is 0 Å². The zero-order valence-corrected chi connectivity index (χ0v) is 12.4. The van der Waals surface area contributed by atoms with Gasteiger partial charge >= 0.3 is 0 Å². The summed E-state index contributed by atoms with van der Waals surface area (Å²) in [5.41, 5.74) is 3.15. The molecule has 0 saturated carbocycles. The Kier molecular flexibility index (Phi) is 4.06. The first-order valence-electron chi connectivity index (χ1n) is 7.18. The molecule has 0 unspecified atom stereocenters. The van der Waals surface area contributed by atoms with Crippen LogP contribution < -0.4 is 10.2 Å². The van der Waals surface area contributed by atoms with Crippen molar-refractivity contribution in [3.05, 3.63) is 35.3 Å². The van der Waals surface area contributed by atoms with Gasteiger partial charge in [-0.25, -0.2) is 4.98 Å². The van der Waals surface area contributed by atoms with Crippen LogP contribution in [0.1, 0.15) is 17.0 Å². The lowest BCUT2D eigenvalue weighted by Gasteiger charge is -2.28. The molecule has 3 rings (SSSR count). The fraction of sp³-hybridized carbons (Fsp3) is 0.467. The van der Waals surface area contributed by atoms with Crippen molar-refractivity contribution in [2.24, 2.45) is 0 Å². The minimum atomic E-state index is 0.672. The average molecular weight is 288 g/mol. The van der Waals surface area contributed by atoms with Crippen LogP contribution in [0.4, 0.5) is 11.5 Å². The van der Waals surface area contributed by atoms with Crippen LogP contribution in [0.15, 0.2) is 22.9 Å². The third kappa shape index (κ3) is 3.16. The molecule has 21 heavy (non-hydrogen) atoms. The molecule has 1 N–H and O–H groups in total. The highest BCUT2D eigenvalue weighted by Crippen LogP contribution is 2.18. The highest BCUT2D eigenvalue weighted by Gasteiger charge is 2.12. The predicted octanol–water partition coefficient (Wildman–Crippen LogP) is 2.14. The SMILES string of the molecule is Cc1noc(C)c1CNc1ccc(N2CCOCC2)cn1. The summed E-state index contributed by atoms with van der Waals surface area (Å²) in [4.78, 5) is 6.75. The number of rotatable bonds is 4. The monoisotopic (exact) mass is 288 g/mol. The van der Waals surface area contributed by atoms with Gasteiger partial charge in [-0.3, -0.25) is 0 Å². The van der Waals surface area contributed by atoms with Gasteiger partial charge in [0.1, 0.15) is 11.6 Å². The Morgan fingerprint density at radius 2 is 2.05 bits per heavy atom. The molecule has 6 heteroatoms. The number of nitrogens with one attached hydrogen (secondary N) is 1. The van der Waals surface area contributed by atoms with Gasteiger partial charge in [-0.15, -0.1) is 0 Å². The summed E-state index contributed by atoms with van der Waals surface area (Å²) in [6.07, 6.45) is 1.90. The first-order chi connectivity index (χ1) is 10.2. The molecular weight excluding hydrogens is 268 g/mol. The van der Waals surface area contributed by atoms with Crippen molar-refractivity contribution in [1.29, 1.82) is 0 Å². The topological polar surface area (TPSA) is 63.4 Å². The standard InChI is InChI=1S/C15H20N4O2/c1-11-14(12(2)21-18-11)10-17-15-4-3-13(9-16-15)19-5-7-20-8-6-19/h3-4,9H,5-8,10H2,1-2H3,(H,16,17). The molecule has 112 valence electrons. The number of ether oxygens (including phenoxy) is 1. The van der Waals surface area contributed by atoms with Crippen LogP contribution in [0.25, 0.3) is 0 Å². The van der Waals surface area contributed by atoms with Crippen LogP contribution in [0.5, 0.6) is 0 Å². The van der Waals surface area contributed by atoms with E-state index in [1.807, 2.05) is 26.1 Å². The van der Waals surface area contributed by atoms with Crippen molar-refractivity contribution >= 4 is 11.5 Å². The fourth-order valence-corrected chi connectivity index (χ4v) is 2.43. The Hall–Kier alpha value is -2.08. The number of nitrogens with zero attached hydrogens (tertiary/aromatic N) is 3. The molecule has 1 saturated heterocycles. The van der Waals surface area contributed by atoms with E-state index in [0.29, 0.717) is 6.54 Å². The highest BCUT2D eigenvalue weighted by molar-refractivity contribution is 5.50. The number of hydrogen-bond donors (Lipinski definition) is 1. The second-order valence-electron chi connectivity index (χ2n) is 5.16.